The van der Waals surface area contributed by atoms with Gasteiger partial charge in [-0.1, -0.05) is 32.9 Å². The summed E-state index contributed by atoms with van der Waals surface area (Å²) in [7, 11) is 0. The van der Waals surface area contributed by atoms with Gasteiger partial charge in [-0.3, -0.25) is 14.4 Å². The summed E-state index contributed by atoms with van der Waals surface area (Å²) in [5, 5.41) is 0. The van der Waals surface area contributed by atoms with E-state index in [2.05, 4.69) is 20.8 Å². The summed E-state index contributed by atoms with van der Waals surface area (Å²) < 4.78 is 24.2. The van der Waals surface area contributed by atoms with Gasteiger partial charge in [-0.05, 0) is 98.5 Å². The number of carbonyl (C=O) groups excluding carboxylic acids is 3. The quantitative estimate of drug-likeness (QED) is 0.243. The van der Waals surface area contributed by atoms with Crippen molar-refractivity contribution in [1.29, 1.82) is 0 Å². The fourth-order valence-corrected chi connectivity index (χ4v) is 10.7. The zero-order valence-electron chi connectivity index (χ0n) is 27.2. The van der Waals surface area contributed by atoms with Gasteiger partial charge in [0.1, 0.15) is 23.8 Å². The first-order valence-electron chi connectivity index (χ1n) is 16.8. The zero-order chi connectivity index (χ0) is 31.4. The van der Waals surface area contributed by atoms with E-state index in [1.807, 2.05) is 24.3 Å². The molecule has 1 aromatic carbocycles. The summed E-state index contributed by atoms with van der Waals surface area (Å²) in [5.74, 6) is 1.77. The highest BCUT2D eigenvalue weighted by molar-refractivity contribution is 5.72. The Morgan fingerprint density at radius 3 is 2.36 bits per heavy atom. The second-order valence-corrected chi connectivity index (χ2v) is 14.9. The van der Waals surface area contributed by atoms with Gasteiger partial charge in [0.25, 0.3) is 0 Å². The first-order chi connectivity index (χ1) is 20.9. The second kappa shape index (κ2) is 11.8. The van der Waals surface area contributed by atoms with Crippen molar-refractivity contribution in [2.45, 2.75) is 118 Å². The van der Waals surface area contributed by atoms with E-state index in [4.69, 9.17) is 23.6 Å². The minimum Gasteiger partial charge on any atom is -0.463 e. The highest BCUT2D eigenvalue weighted by Gasteiger charge is 2.67. The summed E-state index contributed by atoms with van der Waals surface area (Å²) in [4.78, 5) is 41.6. The van der Waals surface area contributed by atoms with Gasteiger partial charge in [0.05, 0.1) is 0 Å². The van der Waals surface area contributed by atoms with E-state index < -0.39 is 0 Å². The fraction of sp³-hybridized carbons (Fsp3) is 0.722. The largest absolute Gasteiger partial charge is 0.463 e. The molecule has 11 unspecified atom stereocenters. The smallest absolute Gasteiger partial charge is 0.302 e. The van der Waals surface area contributed by atoms with E-state index in [0.29, 0.717) is 11.8 Å². The maximum atomic E-state index is 12.6. The van der Waals surface area contributed by atoms with Gasteiger partial charge >= 0.3 is 17.9 Å². The lowest BCUT2D eigenvalue weighted by Gasteiger charge is -2.64. The van der Waals surface area contributed by atoms with E-state index in [1.54, 1.807) is 0 Å². The van der Waals surface area contributed by atoms with Gasteiger partial charge < -0.3 is 18.6 Å². The third kappa shape index (κ3) is 5.44. The SMILES string of the molecule is CC(=O)OC1CCC2(C)C(C1)CC(OC(C)=O)C1C2CC(OC(C)=O)C2(C)C(C(C)CCc3nc4ccccc4o3)CCC12. The third-order valence-electron chi connectivity index (χ3n) is 12.6. The van der Waals surface area contributed by atoms with Crippen LogP contribution in [-0.4, -0.2) is 41.2 Å². The van der Waals surface area contributed by atoms with Gasteiger partial charge in [-0.25, -0.2) is 4.98 Å². The predicted octanol–water partition coefficient (Wildman–Crippen LogP) is 7.07. The molecule has 0 saturated heterocycles. The Hall–Kier alpha value is -2.90. The van der Waals surface area contributed by atoms with Crippen LogP contribution in [0.1, 0.15) is 98.8 Å². The van der Waals surface area contributed by atoms with Crippen molar-refractivity contribution < 1.29 is 33.0 Å². The van der Waals surface area contributed by atoms with Crippen molar-refractivity contribution >= 4 is 29.0 Å². The summed E-state index contributed by atoms with van der Waals surface area (Å²) in [6, 6.07) is 7.88. The molecule has 2 aromatic rings. The maximum absolute atomic E-state index is 12.6. The van der Waals surface area contributed by atoms with Gasteiger partial charge in [-0.15, -0.1) is 0 Å². The summed E-state index contributed by atoms with van der Waals surface area (Å²) in [6.07, 6.45) is 7.42. The van der Waals surface area contributed by atoms with Crippen LogP contribution in [-0.2, 0) is 35.0 Å². The van der Waals surface area contributed by atoms with Crippen LogP contribution in [0.25, 0.3) is 11.1 Å². The molecule has 6 rings (SSSR count). The average molecular weight is 608 g/mol. The molecule has 0 radical (unpaired) electrons. The maximum Gasteiger partial charge on any atom is 0.302 e. The number of benzene rings is 1. The van der Waals surface area contributed by atoms with Crippen LogP contribution >= 0.6 is 0 Å². The first-order valence-corrected chi connectivity index (χ1v) is 16.8. The molecule has 8 heteroatoms. The lowest BCUT2D eigenvalue weighted by atomic mass is 9.43. The Labute approximate surface area is 261 Å². The molecule has 0 aliphatic heterocycles. The molecular formula is C36H49NO7. The lowest BCUT2D eigenvalue weighted by molar-refractivity contribution is -0.224. The molecule has 11 atom stereocenters. The Kier molecular flexibility index (Phi) is 8.33. The van der Waals surface area contributed by atoms with Gasteiger partial charge in [0, 0.05) is 38.5 Å². The number of esters is 3. The van der Waals surface area contributed by atoms with E-state index in [-0.39, 0.29) is 70.7 Å². The van der Waals surface area contributed by atoms with E-state index in [0.717, 1.165) is 74.8 Å². The molecule has 0 bridgehead atoms. The minimum absolute atomic E-state index is 0.00560. The molecule has 44 heavy (non-hydrogen) atoms. The number of aryl methyl sites for hydroxylation is 1. The topological polar surface area (TPSA) is 105 Å². The monoisotopic (exact) mass is 607 g/mol. The summed E-state index contributed by atoms with van der Waals surface area (Å²) in [6.45, 7) is 11.6. The first kappa shape index (κ1) is 31.1. The molecule has 1 aromatic heterocycles. The average Bonchev–Trinajstić information content (AvgIpc) is 3.53. The minimum atomic E-state index is -0.241. The van der Waals surface area contributed by atoms with Crippen molar-refractivity contribution in [1.82, 2.24) is 4.98 Å². The number of hydrogen-bond acceptors (Lipinski definition) is 8. The molecule has 4 fully saturated rings. The molecule has 0 amide bonds. The second-order valence-electron chi connectivity index (χ2n) is 14.9. The number of para-hydroxylation sites is 2. The Bertz CT molecular complexity index is 1370. The molecule has 1 heterocycles. The number of carbonyl (C=O) groups is 3. The van der Waals surface area contributed by atoms with Gasteiger partial charge in [0.2, 0.25) is 0 Å². The van der Waals surface area contributed by atoms with Crippen LogP contribution in [0.3, 0.4) is 0 Å². The van der Waals surface area contributed by atoms with Crippen molar-refractivity contribution in [2.24, 2.45) is 46.3 Å². The molecule has 0 N–H and O–H groups in total. The molecular weight excluding hydrogens is 558 g/mol. The van der Waals surface area contributed by atoms with Crippen LogP contribution in [0.5, 0.6) is 0 Å². The van der Waals surface area contributed by atoms with Crippen molar-refractivity contribution in [3.63, 3.8) is 0 Å². The van der Waals surface area contributed by atoms with Crippen LogP contribution in [0.4, 0.5) is 0 Å². The van der Waals surface area contributed by atoms with E-state index >= 15 is 0 Å². The number of ether oxygens (including phenoxy) is 3. The predicted molar refractivity (Wildman–Crippen MR) is 164 cm³/mol. The van der Waals surface area contributed by atoms with Crippen molar-refractivity contribution in [2.75, 3.05) is 0 Å². The Morgan fingerprint density at radius 2 is 1.66 bits per heavy atom. The fourth-order valence-electron chi connectivity index (χ4n) is 10.7. The van der Waals surface area contributed by atoms with Crippen molar-refractivity contribution in [3.05, 3.63) is 30.2 Å². The molecule has 4 saturated carbocycles. The number of nitrogens with zero attached hydrogens (tertiary/aromatic N) is 1. The third-order valence-corrected chi connectivity index (χ3v) is 12.6. The number of fused-ring (bicyclic) bond motifs is 6. The standard InChI is InChI=1S/C36H49NO7/c1-20(11-14-33-37-29-9-7-8-10-30(29)44-33)26-12-13-27-34-28(19-32(36(26,27)6)43-23(4)40)35(5)16-15-25(41-21(2)38)17-24(35)18-31(34)42-22(3)39/h7-10,20,24-28,31-32,34H,11-19H2,1-6H3. The Balaban J connectivity index is 1.29. The number of rotatable bonds is 7. The molecule has 4 aliphatic rings. The highest BCUT2D eigenvalue weighted by Crippen LogP contribution is 2.69. The number of hydrogen-bond donors (Lipinski definition) is 0. The van der Waals surface area contributed by atoms with Gasteiger partial charge in [-0.2, -0.15) is 0 Å². The summed E-state index contributed by atoms with van der Waals surface area (Å²) >= 11 is 0. The lowest BCUT2D eigenvalue weighted by Crippen LogP contribution is -2.63. The van der Waals surface area contributed by atoms with Crippen LogP contribution in [0, 0.1) is 46.3 Å². The van der Waals surface area contributed by atoms with Crippen molar-refractivity contribution in [3.8, 4) is 0 Å². The van der Waals surface area contributed by atoms with Crippen LogP contribution in [0.2, 0.25) is 0 Å². The molecule has 8 nitrogen and oxygen atoms in total. The summed E-state index contributed by atoms with van der Waals surface area (Å²) in [5.41, 5.74) is 1.47. The van der Waals surface area contributed by atoms with E-state index in [1.165, 1.54) is 20.8 Å². The van der Waals surface area contributed by atoms with Crippen LogP contribution < -0.4 is 0 Å². The highest BCUT2D eigenvalue weighted by atomic mass is 16.6. The molecule has 0 spiro atoms. The van der Waals surface area contributed by atoms with Crippen LogP contribution in [0.15, 0.2) is 28.7 Å². The zero-order valence-corrected chi connectivity index (χ0v) is 27.2. The molecule has 240 valence electrons. The normalized spacial score (nSPS) is 38.6. The number of oxazole rings is 1. The van der Waals surface area contributed by atoms with E-state index in [9.17, 15) is 14.4 Å². The molecule has 4 aliphatic carbocycles. The van der Waals surface area contributed by atoms with Gasteiger partial charge in [0.15, 0.2) is 11.5 Å². The number of aromatic nitrogens is 1. The Morgan fingerprint density at radius 1 is 0.932 bits per heavy atom.